The predicted octanol–water partition coefficient (Wildman–Crippen LogP) is 0.918. The number of carbonyl (C=O) groups is 1. The maximum Gasteiger partial charge on any atom is 0.417 e. The van der Waals surface area contributed by atoms with E-state index < -0.39 is 34.9 Å². The minimum Gasteiger partial charge on any atom is -0.301 e. The highest BCUT2D eigenvalue weighted by atomic mass is 19.4. The molecule has 20 heavy (non-hydrogen) atoms. The van der Waals surface area contributed by atoms with Gasteiger partial charge in [0.15, 0.2) is 0 Å². The van der Waals surface area contributed by atoms with Crippen molar-refractivity contribution in [2.45, 2.75) is 12.7 Å². The minimum absolute atomic E-state index is 0.128. The molecule has 0 aliphatic heterocycles. The van der Waals surface area contributed by atoms with E-state index in [1.165, 1.54) is 13.1 Å². The molecule has 0 bridgehead atoms. The van der Waals surface area contributed by atoms with Crippen LogP contribution in [0.4, 0.5) is 13.2 Å². The Bertz CT molecular complexity index is 802. The highest BCUT2D eigenvalue weighted by Gasteiger charge is 2.34. The molecule has 0 spiro atoms. The third-order valence-electron chi connectivity index (χ3n) is 2.94. The second-order valence-corrected chi connectivity index (χ2v) is 4.12. The fourth-order valence-corrected chi connectivity index (χ4v) is 2.02. The molecule has 8 heteroatoms. The zero-order chi connectivity index (χ0) is 15.1. The van der Waals surface area contributed by atoms with Crippen molar-refractivity contribution < 1.29 is 18.0 Å². The monoisotopic (exact) mass is 286 g/mol. The Morgan fingerprint density at radius 2 is 1.90 bits per heavy atom. The number of alkyl halides is 3. The van der Waals surface area contributed by atoms with Crippen molar-refractivity contribution in [2.24, 2.45) is 7.05 Å². The third kappa shape index (κ3) is 2.02. The van der Waals surface area contributed by atoms with Gasteiger partial charge in [0.05, 0.1) is 23.0 Å². The summed E-state index contributed by atoms with van der Waals surface area (Å²) in [6.45, 7) is -0.590. The zero-order valence-corrected chi connectivity index (χ0v) is 10.3. The van der Waals surface area contributed by atoms with Gasteiger partial charge in [-0.2, -0.15) is 13.2 Å². The fourth-order valence-electron chi connectivity index (χ4n) is 2.02. The molecule has 0 amide bonds. The lowest BCUT2D eigenvalue weighted by molar-refractivity contribution is -0.136. The van der Waals surface area contributed by atoms with Gasteiger partial charge >= 0.3 is 11.9 Å². The molecule has 0 atom stereocenters. The maximum atomic E-state index is 12.9. The van der Waals surface area contributed by atoms with Crippen molar-refractivity contribution in [1.82, 2.24) is 9.13 Å². The Balaban J connectivity index is 3.07. The zero-order valence-electron chi connectivity index (χ0n) is 10.3. The number of rotatable bonds is 2. The highest BCUT2D eigenvalue weighted by molar-refractivity contribution is 5.82. The van der Waals surface area contributed by atoms with Gasteiger partial charge in [-0.25, -0.2) is 4.79 Å². The summed E-state index contributed by atoms with van der Waals surface area (Å²) in [5.41, 5.74) is -3.22. The van der Waals surface area contributed by atoms with Crippen LogP contribution < -0.4 is 11.2 Å². The van der Waals surface area contributed by atoms with Crippen LogP contribution in [0.1, 0.15) is 5.56 Å². The molecule has 5 nitrogen and oxygen atoms in total. The highest BCUT2D eigenvalue weighted by Crippen LogP contribution is 2.32. The lowest BCUT2D eigenvalue weighted by Crippen LogP contribution is -2.40. The number of hydrogen-bond acceptors (Lipinski definition) is 3. The maximum absolute atomic E-state index is 12.9. The predicted molar refractivity (Wildman–Crippen MR) is 64.5 cm³/mol. The second kappa shape index (κ2) is 4.62. The Morgan fingerprint density at radius 1 is 1.25 bits per heavy atom. The van der Waals surface area contributed by atoms with Crippen LogP contribution in [0.5, 0.6) is 0 Å². The first-order valence-electron chi connectivity index (χ1n) is 5.52. The number of nitrogens with zero attached hydrogens (tertiary/aromatic N) is 2. The molecule has 0 aliphatic carbocycles. The molecule has 0 saturated carbocycles. The molecule has 2 aromatic rings. The van der Waals surface area contributed by atoms with Crippen LogP contribution in [0.25, 0.3) is 10.9 Å². The summed E-state index contributed by atoms with van der Waals surface area (Å²) in [6.07, 6.45) is -4.44. The number of carbonyl (C=O) groups excluding carboxylic acids is 1. The molecule has 1 aromatic carbocycles. The van der Waals surface area contributed by atoms with Crippen molar-refractivity contribution in [1.29, 1.82) is 0 Å². The summed E-state index contributed by atoms with van der Waals surface area (Å²) < 4.78 is 40.2. The summed E-state index contributed by atoms with van der Waals surface area (Å²) >= 11 is 0. The van der Waals surface area contributed by atoms with Crippen molar-refractivity contribution in [2.75, 3.05) is 0 Å². The molecule has 0 unspecified atom stereocenters. The van der Waals surface area contributed by atoms with Gasteiger partial charge in [-0.15, -0.1) is 0 Å². The number of fused-ring (bicyclic) bond motifs is 1. The Kier molecular flexibility index (Phi) is 3.24. The van der Waals surface area contributed by atoms with Gasteiger partial charge in [0.25, 0.3) is 5.56 Å². The van der Waals surface area contributed by atoms with E-state index in [0.29, 0.717) is 4.57 Å². The SMILES string of the molecule is Cn1c(=O)n(CC=O)c(=O)c2c(C(F)(F)F)cccc21. The van der Waals surface area contributed by atoms with Crippen LogP contribution in [0.15, 0.2) is 27.8 Å². The van der Waals surface area contributed by atoms with Crippen LogP contribution in [-0.2, 0) is 24.6 Å². The molecule has 1 aromatic heterocycles. The Hall–Kier alpha value is -2.38. The summed E-state index contributed by atoms with van der Waals surface area (Å²) in [5, 5.41) is -0.621. The molecule has 0 aliphatic rings. The van der Waals surface area contributed by atoms with Crippen LogP contribution in [-0.4, -0.2) is 15.4 Å². The molecule has 0 fully saturated rings. The van der Waals surface area contributed by atoms with Gasteiger partial charge in [-0.3, -0.25) is 13.9 Å². The van der Waals surface area contributed by atoms with Gasteiger partial charge < -0.3 is 4.79 Å². The van der Waals surface area contributed by atoms with E-state index in [-0.39, 0.29) is 11.8 Å². The van der Waals surface area contributed by atoms with Gasteiger partial charge in [0, 0.05) is 7.05 Å². The largest absolute Gasteiger partial charge is 0.417 e. The average molecular weight is 286 g/mol. The molecular formula is C12H9F3N2O3. The van der Waals surface area contributed by atoms with Gasteiger partial charge in [-0.1, -0.05) is 6.07 Å². The first-order valence-corrected chi connectivity index (χ1v) is 5.52. The molecular weight excluding hydrogens is 277 g/mol. The molecule has 0 saturated heterocycles. The van der Waals surface area contributed by atoms with E-state index in [0.717, 1.165) is 16.7 Å². The van der Waals surface area contributed by atoms with Gasteiger partial charge in [0.1, 0.15) is 6.29 Å². The van der Waals surface area contributed by atoms with Crippen molar-refractivity contribution in [3.05, 3.63) is 44.6 Å². The number of aldehydes is 1. The van der Waals surface area contributed by atoms with E-state index in [9.17, 15) is 27.6 Å². The van der Waals surface area contributed by atoms with Crippen LogP contribution in [0, 0.1) is 0 Å². The molecule has 0 N–H and O–H groups in total. The number of aromatic nitrogens is 2. The van der Waals surface area contributed by atoms with Gasteiger partial charge in [0.2, 0.25) is 0 Å². The van der Waals surface area contributed by atoms with Crippen molar-refractivity contribution in [3.63, 3.8) is 0 Å². The summed E-state index contributed by atoms with van der Waals surface area (Å²) in [6, 6.07) is 3.13. The topological polar surface area (TPSA) is 61.1 Å². The van der Waals surface area contributed by atoms with E-state index in [4.69, 9.17) is 0 Å². The lowest BCUT2D eigenvalue weighted by atomic mass is 10.1. The van der Waals surface area contributed by atoms with Crippen LogP contribution in [0.3, 0.4) is 0 Å². The number of benzene rings is 1. The van der Waals surface area contributed by atoms with E-state index >= 15 is 0 Å². The number of aryl methyl sites for hydroxylation is 1. The smallest absolute Gasteiger partial charge is 0.301 e. The lowest BCUT2D eigenvalue weighted by Gasteiger charge is -2.13. The van der Waals surface area contributed by atoms with Crippen molar-refractivity contribution in [3.8, 4) is 0 Å². The molecule has 2 rings (SSSR count). The molecule has 0 radical (unpaired) electrons. The van der Waals surface area contributed by atoms with E-state index in [1.807, 2.05) is 0 Å². The van der Waals surface area contributed by atoms with Gasteiger partial charge in [-0.05, 0) is 12.1 Å². The normalized spacial score (nSPS) is 11.8. The minimum atomic E-state index is -4.73. The van der Waals surface area contributed by atoms with E-state index in [2.05, 4.69) is 0 Å². The standard InChI is InChI=1S/C12H9F3N2O3/c1-16-8-4-2-3-7(12(13,14)15)9(8)10(19)17(5-6-18)11(16)20/h2-4,6H,5H2,1H3. The first kappa shape index (κ1) is 14.0. The van der Waals surface area contributed by atoms with Crippen LogP contribution in [0.2, 0.25) is 0 Å². The number of halogens is 3. The van der Waals surface area contributed by atoms with Crippen molar-refractivity contribution >= 4 is 17.2 Å². The fraction of sp³-hybridized carbons (Fsp3) is 0.250. The first-order chi connectivity index (χ1) is 9.29. The average Bonchev–Trinajstić information content (AvgIpc) is 2.39. The third-order valence-corrected chi connectivity index (χ3v) is 2.94. The summed E-state index contributed by atoms with van der Waals surface area (Å²) in [5.74, 6) is 0. The van der Waals surface area contributed by atoms with Crippen LogP contribution >= 0.6 is 0 Å². The number of hydrogen-bond donors (Lipinski definition) is 0. The van der Waals surface area contributed by atoms with E-state index in [1.54, 1.807) is 0 Å². The molecule has 1 heterocycles. The Labute approximate surface area is 109 Å². The second-order valence-electron chi connectivity index (χ2n) is 4.12. The summed E-state index contributed by atoms with van der Waals surface area (Å²) in [4.78, 5) is 34.4. The Morgan fingerprint density at radius 3 is 2.45 bits per heavy atom. The quantitative estimate of drug-likeness (QED) is 0.771. The summed E-state index contributed by atoms with van der Waals surface area (Å²) in [7, 11) is 1.24. The molecule has 106 valence electrons.